The van der Waals surface area contributed by atoms with Crippen molar-refractivity contribution in [3.8, 4) is 0 Å². The van der Waals surface area contributed by atoms with Gasteiger partial charge in [-0.25, -0.2) is 4.79 Å². The Hall–Kier alpha value is -2.35. The van der Waals surface area contributed by atoms with Crippen molar-refractivity contribution in [3.05, 3.63) is 27.8 Å². The van der Waals surface area contributed by atoms with Crippen molar-refractivity contribution < 1.29 is 19.1 Å². The zero-order valence-corrected chi connectivity index (χ0v) is 16.3. The zero-order valence-electron chi connectivity index (χ0n) is 15.5. The molecule has 7 nitrogen and oxygen atoms in total. The maximum absolute atomic E-state index is 12.3. The van der Waals surface area contributed by atoms with E-state index < -0.39 is 17.8 Å². The van der Waals surface area contributed by atoms with Gasteiger partial charge < -0.3 is 15.5 Å². The van der Waals surface area contributed by atoms with E-state index in [4.69, 9.17) is 4.74 Å². The molecule has 0 atom stereocenters. The number of amides is 2. The topological polar surface area (TPSA) is 96.5 Å². The van der Waals surface area contributed by atoms with Crippen LogP contribution < -0.4 is 16.2 Å². The van der Waals surface area contributed by atoms with Crippen molar-refractivity contribution >= 4 is 34.1 Å². The van der Waals surface area contributed by atoms with E-state index in [1.807, 2.05) is 6.08 Å². The van der Waals surface area contributed by atoms with Crippen LogP contribution in [0.15, 0.2) is 11.8 Å². The van der Waals surface area contributed by atoms with E-state index in [1.54, 1.807) is 0 Å². The van der Waals surface area contributed by atoms with Gasteiger partial charge in [-0.1, -0.05) is 12.5 Å². The Balaban J connectivity index is 1.66. The molecule has 0 bridgehead atoms. The second-order valence-electron chi connectivity index (χ2n) is 6.77. The Morgan fingerprint density at radius 3 is 2.59 bits per heavy atom. The second kappa shape index (κ2) is 9.03. The van der Waals surface area contributed by atoms with Crippen molar-refractivity contribution in [1.82, 2.24) is 10.9 Å². The molecule has 0 aromatic carbocycles. The van der Waals surface area contributed by atoms with E-state index in [-0.39, 0.29) is 0 Å². The number of nitrogens with one attached hydrogen (secondary N) is 3. The summed E-state index contributed by atoms with van der Waals surface area (Å²) >= 11 is 1.36. The van der Waals surface area contributed by atoms with Crippen molar-refractivity contribution in [2.45, 2.75) is 57.8 Å². The fourth-order valence-corrected chi connectivity index (χ4v) is 4.73. The summed E-state index contributed by atoms with van der Waals surface area (Å²) in [5.41, 5.74) is 7.54. The summed E-state index contributed by atoms with van der Waals surface area (Å²) < 4.78 is 4.88. The number of methoxy groups -OCH3 is 1. The maximum atomic E-state index is 12.3. The number of carbonyl (C=O) groups excluding carboxylic acids is 3. The monoisotopic (exact) mass is 391 g/mol. The summed E-state index contributed by atoms with van der Waals surface area (Å²) in [5.74, 6) is -2.07. The van der Waals surface area contributed by atoms with E-state index in [1.165, 1.54) is 18.4 Å². The number of fused-ring (bicyclic) bond motifs is 1. The van der Waals surface area contributed by atoms with Crippen LogP contribution in [0.3, 0.4) is 0 Å². The minimum atomic E-state index is -0.805. The minimum Gasteiger partial charge on any atom is -0.465 e. The molecule has 1 aromatic rings. The predicted octanol–water partition coefficient (Wildman–Crippen LogP) is 2.82. The maximum Gasteiger partial charge on any atom is 0.341 e. The lowest BCUT2D eigenvalue weighted by molar-refractivity contribution is -0.136. The Kier molecular flexibility index (Phi) is 6.49. The molecule has 3 N–H and O–H groups in total. The Morgan fingerprint density at radius 2 is 1.78 bits per heavy atom. The summed E-state index contributed by atoms with van der Waals surface area (Å²) in [6.07, 6.45) is 10.9. The minimum absolute atomic E-state index is 0.387. The summed E-state index contributed by atoms with van der Waals surface area (Å²) in [6, 6.07) is 0. The quantitative estimate of drug-likeness (QED) is 0.417. The van der Waals surface area contributed by atoms with Gasteiger partial charge in [0.25, 0.3) is 0 Å². The van der Waals surface area contributed by atoms with Crippen LogP contribution in [0.5, 0.6) is 0 Å². The van der Waals surface area contributed by atoms with E-state index in [0.717, 1.165) is 73.9 Å². The Morgan fingerprint density at radius 1 is 1.00 bits per heavy atom. The molecule has 0 fully saturated rings. The SMILES string of the molecule is COC(=O)c1c(NC(=O)C(=O)NNC2=CCCCCC2)sc2c1CCCC2. The van der Waals surface area contributed by atoms with Gasteiger partial charge >= 0.3 is 17.8 Å². The first kappa shape index (κ1) is 19.4. The van der Waals surface area contributed by atoms with Crippen molar-refractivity contribution in [2.24, 2.45) is 0 Å². The van der Waals surface area contributed by atoms with E-state index in [9.17, 15) is 14.4 Å². The summed E-state index contributed by atoms with van der Waals surface area (Å²) in [6.45, 7) is 0. The normalized spacial score (nSPS) is 16.4. The van der Waals surface area contributed by atoms with Gasteiger partial charge in [-0.2, -0.15) is 0 Å². The first-order valence-corrected chi connectivity index (χ1v) is 10.2. The van der Waals surface area contributed by atoms with E-state index in [0.29, 0.717) is 10.6 Å². The van der Waals surface area contributed by atoms with Crippen LogP contribution in [-0.2, 0) is 27.2 Å². The number of thiophene rings is 1. The first-order valence-electron chi connectivity index (χ1n) is 9.39. The molecule has 27 heavy (non-hydrogen) atoms. The molecule has 0 saturated carbocycles. The van der Waals surface area contributed by atoms with Gasteiger partial charge in [0.1, 0.15) is 5.00 Å². The molecule has 2 amide bonds. The van der Waals surface area contributed by atoms with E-state index >= 15 is 0 Å². The average Bonchev–Trinajstić information content (AvgIpc) is 2.85. The standard InChI is InChI=1S/C19H25N3O4S/c1-26-19(25)15-13-10-6-7-11-14(13)27-18(15)20-16(23)17(24)22-21-12-8-4-2-3-5-9-12/h8,21H,2-7,9-11H2,1H3,(H,20,23)(H,22,24). The van der Waals surface area contributed by atoms with Gasteiger partial charge in [0.15, 0.2) is 0 Å². The molecular formula is C19H25N3O4S. The molecule has 0 radical (unpaired) electrons. The number of esters is 1. The molecule has 1 aromatic heterocycles. The third-order valence-electron chi connectivity index (χ3n) is 4.87. The van der Waals surface area contributed by atoms with Crippen LogP contribution in [0.1, 0.15) is 65.7 Å². The van der Waals surface area contributed by atoms with Crippen molar-refractivity contribution in [2.75, 3.05) is 12.4 Å². The molecule has 146 valence electrons. The fourth-order valence-electron chi connectivity index (χ4n) is 3.45. The summed E-state index contributed by atoms with van der Waals surface area (Å²) in [5, 5.41) is 2.98. The van der Waals surface area contributed by atoms with Gasteiger partial charge in [-0.3, -0.25) is 15.0 Å². The van der Waals surface area contributed by atoms with Gasteiger partial charge in [0.2, 0.25) is 0 Å². The lowest BCUT2D eigenvalue weighted by atomic mass is 9.95. The average molecular weight is 391 g/mol. The van der Waals surface area contributed by atoms with Crippen LogP contribution >= 0.6 is 11.3 Å². The third-order valence-corrected chi connectivity index (χ3v) is 6.08. The highest BCUT2D eigenvalue weighted by Gasteiger charge is 2.28. The number of rotatable bonds is 4. The highest BCUT2D eigenvalue weighted by Crippen LogP contribution is 2.38. The van der Waals surface area contributed by atoms with Gasteiger partial charge in [0.05, 0.1) is 12.7 Å². The molecule has 8 heteroatoms. The summed E-state index contributed by atoms with van der Waals surface area (Å²) in [4.78, 5) is 37.7. The second-order valence-corrected chi connectivity index (χ2v) is 7.87. The molecule has 0 saturated heterocycles. The number of aryl methyl sites for hydroxylation is 1. The number of hydrazine groups is 1. The van der Waals surface area contributed by atoms with Crippen LogP contribution in [-0.4, -0.2) is 24.9 Å². The largest absolute Gasteiger partial charge is 0.465 e. The molecule has 2 aliphatic rings. The number of ether oxygens (including phenoxy) is 1. The number of carbonyl (C=O) groups is 3. The number of anilines is 1. The predicted molar refractivity (Wildman–Crippen MR) is 103 cm³/mol. The number of hydrogen-bond acceptors (Lipinski definition) is 6. The highest BCUT2D eigenvalue weighted by atomic mass is 32.1. The molecule has 3 rings (SSSR count). The van der Waals surface area contributed by atoms with Gasteiger partial charge in [-0.15, -0.1) is 11.3 Å². The molecule has 1 heterocycles. The van der Waals surface area contributed by atoms with Crippen molar-refractivity contribution in [3.63, 3.8) is 0 Å². The van der Waals surface area contributed by atoms with Crippen LogP contribution in [0.2, 0.25) is 0 Å². The smallest absolute Gasteiger partial charge is 0.341 e. The third kappa shape index (κ3) is 4.68. The van der Waals surface area contributed by atoms with Crippen LogP contribution in [0.4, 0.5) is 5.00 Å². The lowest BCUT2D eigenvalue weighted by Crippen LogP contribution is -2.43. The number of allylic oxidation sites excluding steroid dienone is 2. The van der Waals surface area contributed by atoms with Gasteiger partial charge in [0, 0.05) is 10.6 Å². The fraction of sp³-hybridized carbons (Fsp3) is 0.526. The Labute approximate surface area is 162 Å². The Bertz CT molecular complexity index is 769. The molecular weight excluding hydrogens is 366 g/mol. The van der Waals surface area contributed by atoms with Crippen molar-refractivity contribution in [1.29, 1.82) is 0 Å². The molecule has 2 aliphatic carbocycles. The molecule has 0 aliphatic heterocycles. The molecule has 0 spiro atoms. The summed E-state index contributed by atoms with van der Waals surface area (Å²) in [7, 11) is 1.32. The molecule has 0 unspecified atom stereocenters. The highest BCUT2D eigenvalue weighted by molar-refractivity contribution is 7.17. The van der Waals surface area contributed by atoms with Crippen LogP contribution in [0.25, 0.3) is 0 Å². The van der Waals surface area contributed by atoms with E-state index in [2.05, 4.69) is 16.2 Å². The van der Waals surface area contributed by atoms with Gasteiger partial charge in [-0.05, 0) is 56.9 Å². The first-order chi connectivity index (χ1) is 13.1. The zero-order chi connectivity index (χ0) is 19.2. The lowest BCUT2D eigenvalue weighted by Gasteiger charge is -2.12. The van der Waals surface area contributed by atoms with Crippen LogP contribution in [0, 0.1) is 0 Å². The number of hydrogen-bond donors (Lipinski definition) is 3.